The van der Waals surface area contributed by atoms with Gasteiger partial charge >= 0.3 is 0 Å². The summed E-state index contributed by atoms with van der Waals surface area (Å²) in [5, 5.41) is 2.76. The number of nitrogens with two attached hydrogens (primary N) is 1. The van der Waals surface area contributed by atoms with Crippen LogP contribution >= 0.6 is 0 Å². The average molecular weight is 270 g/mol. The van der Waals surface area contributed by atoms with Crippen LogP contribution in [0.15, 0.2) is 48.5 Å². The lowest BCUT2D eigenvalue weighted by Gasteiger charge is -2.06. The van der Waals surface area contributed by atoms with Crippen molar-refractivity contribution in [3.63, 3.8) is 0 Å². The van der Waals surface area contributed by atoms with Crippen LogP contribution < -0.4 is 11.1 Å². The molecule has 0 atom stereocenters. The molecule has 0 aliphatic rings. The number of hydrogen-bond acceptors (Lipinski definition) is 2. The number of nitrogen functional groups attached to an aromatic ring is 1. The van der Waals surface area contributed by atoms with Crippen LogP contribution in [-0.2, 0) is 4.79 Å². The fourth-order valence-electron chi connectivity index (χ4n) is 1.75. The van der Waals surface area contributed by atoms with E-state index >= 15 is 0 Å². The maximum Gasteiger partial charge on any atom is 0.248 e. The Labute approximate surface area is 116 Å². The second-order valence-electron chi connectivity index (χ2n) is 4.45. The number of aryl methyl sites for hydroxylation is 1. The van der Waals surface area contributed by atoms with Crippen LogP contribution in [0, 0.1) is 12.7 Å². The number of halogens is 1. The smallest absolute Gasteiger partial charge is 0.248 e. The molecule has 0 heterocycles. The van der Waals surface area contributed by atoms with Crippen LogP contribution in [0.2, 0.25) is 0 Å². The Hall–Kier alpha value is -2.62. The molecule has 0 unspecified atom stereocenters. The first-order valence-electron chi connectivity index (χ1n) is 6.15. The fraction of sp³-hybridized carbons (Fsp3) is 0.0625. The summed E-state index contributed by atoms with van der Waals surface area (Å²) >= 11 is 0. The molecule has 0 radical (unpaired) electrons. The number of nitrogens with one attached hydrogen (secondary N) is 1. The zero-order chi connectivity index (χ0) is 14.5. The molecule has 0 fully saturated rings. The van der Waals surface area contributed by atoms with Crippen LogP contribution in [0.3, 0.4) is 0 Å². The molecule has 20 heavy (non-hydrogen) atoms. The molecular formula is C16H15FN2O. The standard InChI is InChI=1S/C16H15FN2O/c1-11-10-14(18)7-8-15(11)19-16(20)9-4-12-2-5-13(17)6-3-12/h2-10H,18H2,1H3,(H,19,20)/b9-4+. The van der Waals surface area contributed by atoms with Gasteiger partial charge in [-0.1, -0.05) is 12.1 Å². The molecular weight excluding hydrogens is 255 g/mol. The lowest BCUT2D eigenvalue weighted by atomic mass is 10.1. The van der Waals surface area contributed by atoms with Gasteiger partial charge in [-0.15, -0.1) is 0 Å². The Morgan fingerprint density at radius 1 is 1.20 bits per heavy atom. The zero-order valence-electron chi connectivity index (χ0n) is 11.1. The van der Waals surface area contributed by atoms with Crippen molar-refractivity contribution >= 4 is 23.4 Å². The molecule has 3 nitrogen and oxygen atoms in total. The molecule has 3 N–H and O–H groups in total. The van der Waals surface area contributed by atoms with E-state index in [-0.39, 0.29) is 11.7 Å². The van der Waals surface area contributed by atoms with E-state index in [0.717, 1.165) is 11.1 Å². The molecule has 0 saturated carbocycles. The molecule has 2 aromatic rings. The second kappa shape index (κ2) is 6.02. The molecule has 2 aromatic carbocycles. The number of anilines is 2. The van der Waals surface area contributed by atoms with Gasteiger partial charge in [0, 0.05) is 17.5 Å². The van der Waals surface area contributed by atoms with Crippen molar-refractivity contribution in [2.24, 2.45) is 0 Å². The molecule has 1 amide bonds. The Balaban J connectivity index is 2.03. The van der Waals surface area contributed by atoms with E-state index in [2.05, 4.69) is 5.32 Å². The second-order valence-corrected chi connectivity index (χ2v) is 4.45. The Morgan fingerprint density at radius 3 is 2.55 bits per heavy atom. The van der Waals surface area contributed by atoms with Gasteiger partial charge in [0.1, 0.15) is 5.82 Å². The van der Waals surface area contributed by atoms with Gasteiger partial charge in [-0.3, -0.25) is 4.79 Å². The summed E-state index contributed by atoms with van der Waals surface area (Å²) < 4.78 is 12.7. The summed E-state index contributed by atoms with van der Waals surface area (Å²) in [5.74, 6) is -0.550. The Kier molecular flexibility index (Phi) is 4.15. The van der Waals surface area contributed by atoms with Gasteiger partial charge in [0.05, 0.1) is 0 Å². The minimum absolute atomic E-state index is 0.248. The van der Waals surface area contributed by atoms with Gasteiger partial charge in [0.2, 0.25) is 5.91 Å². The maximum atomic E-state index is 12.7. The summed E-state index contributed by atoms with van der Waals surface area (Å²) in [5.41, 5.74) is 8.68. The lowest BCUT2D eigenvalue weighted by Crippen LogP contribution is -2.09. The number of carbonyl (C=O) groups excluding carboxylic acids is 1. The van der Waals surface area contributed by atoms with Crippen molar-refractivity contribution in [1.82, 2.24) is 0 Å². The lowest BCUT2D eigenvalue weighted by molar-refractivity contribution is -0.111. The van der Waals surface area contributed by atoms with Crippen LogP contribution in [-0.4, -0.2) is 5.91 Å². The first kappa shape index (κ1) is 13.8. The predicted octanol–water partition coefficient (Wildman–Crippen LogP) is 3.37. The van der Waals surface area contributed by atoms with Gasteiger partial charge < -0.3 is 11.1 Å². The van der Waals surface area contributed by atoms with Gasteiger partial charge in [-0.05, 0) is 54.5 Å². The third-order valence-corrected chi connectivity index (χ3v) is 2.81. The highest BCUT2D eigenvalue weighted by atomic mass is 19.1. The van der Waals surface area contributed by atoms with Crippen molar-refractivity contribution in [1.29, 1.82) is 0 Å². The van der Waals surface area contributed by atoms with Crippen molar-refractivity contribution in [3.8, 4) is 0 Å². The van der Waals surface area contributed by atoms with Gasteiger partial charge in [-0.25, -0.2) is 4.39 Å². The van der Waals surface area contributed by atoms with Crippen molar-refractivity contribution in [2.45, 2.75) is 6.92 Å². The highest BCUT2D eigenvalue weighted by Gasteiger charge is 2.01. The van der Waals surface area contributed by atoms with E-state index in [1.807, 2.05) is 6.92 Å². The zero-order valence-corrected chi connectivity index (χ0v) is 11.1. The molecule has 0 saturated heterocycles. The first-order valence-corrected chi connectivity index (χ1v) is 6.15. The third kappa shape index (κ3) is 3.68. The van der Waals surface area contributed by atoms with Crippen LogP contribution in [0.5, 0.6) is 0 Å². The van der Waals surface area contributed by atoms with Gasteiger partial charge in [0.15, 0.2) is 0 Å². The van der Waals surface area contributed by atoms with E-state index < -0.39 is 0 Å². The normalized spacial score (nSPS) is 10.7. The third-order valence-electron chi connectivity index (χ3n) is 2.81. The largest absolute Gasteiger partial charge is 0.399 e. The Morgan fingerprint density at radius 2 is 1.90 bits per heavy atom. The fourth-order valence-corrected chi connectivity index (χ4v) is 1.75. The quantitative estimate of drug-likeness (QED) is 0.663. The average Bonchev–Trinajstić information content (AvgIpc) is 2.41. The monoisotopic (exact) mass is 270 g/mol. The predicted molar refractivity (Wildman–Crippen MR) is 79.7 cm³/mol. The van der Waals surface area contributed by atoms with Crippen LogP contribution in [0.1, 0.15) is 11.1 Å². The van der Waals surface area contributed by atoms with E-state index in [4.69, 9.17) is 5.73 Å². The molecule has 2 rings (SSSR count). The maximum absolute atomic E-state index is 12.7. The minimum Gasteiger partial charge on any atom is -0.399 e. The number of rotatable bonds is 3. The molecule has 102 valence electrons. The number of hydrogen-bond donors (Lipinski definition) is 2. The van der Waals surface area contributed by atoms with Crippen molar-refractivity contribution in [2.75, 3.05) is 11.1 Å². The molecule has 0 bridgehead atoms. The Bertz CT molecular complexity index is 648. The van der Waals surface area contributed by atoms with E-state index in [0.29, 0.717) is 11.4 Å². The molecule has 0 spiro atoms. The molecule has 0 aromatic heterocycles. The summed E-state index contributed by atoms with van der Waals surface area (Å²) in [6.45, 7) is 1.87. The summed E-state index contributed by atoms with van der Waals surface area (Å²) in [4.78, 5) is 11.8. The molecule has 4 heteroatoms. The summed E-state index contributed by atoms with van der Waals surface area (Å²) in [6, 6.07) is 11.2. The van der Waals surface area contributed by atoms with Gasteiger partial charge in [-0.2, -0.15) is 0 Å². The van der Waals surface area contributed by atoms with Gasteiger partial charge in [0.25, 0.3) is 0 Å². The molecule has 0 aliphatic carbocycles. The summed E-state index contributed by atoms with van der Waals surface area (Å²) in [7, 11) is 0. The SMILES string of the molecule is Cc1cc(N)ccc1NC(=O)/C=C/c1ccc(F)cc1. The van der Waals surface area contributed by atoms with Crippen molar-refractivity contribution in [3.05, 3.63) is 65.5 Å². The summed E-state index contributed by atoms with van der Waals surface area (Å²) in [6.07, 6.45) is 3.03. The topological polar surface area (TPSA) is 55.1 Å². The van der Waals surface area contributed by atoms with E-state index in [1.165, 1.54) is 18.2 Å². The minimum atomic E-state index is -0.302. The highest BCUT2D eigenvalue weighted by Crippen LogP contribution is 2.17. The highest BCUT2D eigenvalue weighted by molar-refractivity contribution is 6.02. The van der Waals surface area contributed by atoms with Crippen LogP contribution in [0.4, 0.5) is 15.8 Å². The number of benzene rings is 2. The van der Waals surface area contributed by atoms with E-state index in [9.17, 15) is 9.18 Å². The molecule has 0 aliphatic heterocycles. The van der Waals surface area contributed by atoms with Crippen molar-refractivity contribution < 1.29 is 9.18 Å². The number of carbonyl (C=O) groups is 1. The van der Waals surface area contributed by atoms with E-state index in [1.54, 1.807) is 36.4 Å². The first-order chi connectivity index (χ1) is 9.54. The number of amides is 1. The van der Waals surface area contributed by atoms with Crippen LogP contribution in [0.25, 0.3) is 6.08 Å².